The van der Waals surface area contributed by atoms with Crippen LogP contribution in [0.25, 0.3) is 17.4 Å². The van der Waals surface area contributed by atoms with Gasteiger partial charge in [-0.2, -0.15) is 4.99 Å². The molecule has 1 aromatic carbocycles. The first kappa shape index (κ1) is 18.7. The number of ether oxygens (including phenoxy) is 1. The van der Waals surface area contributed by atoms with Gasteiger partial charge in [-0.1, -0.05) is 11.6 Å². The maximum atomic E-state index is 12.2. The van der Waals surface area contributed by atoms with E-state index in [0.29, 0.717) is 53.5 Å². The normalized spacial score (nSPS) is 18.6. The lowest BCUT2D eigenvalue weighted by Crippen LogP contribution is -2.38. The molecule has 0 bridgehead atoms. The number of carbonyl (C=O) groups excluding carboxylic acids is 1. The highest BCUT2D eigenvalue weighted by Crippen LogP contribution is 2.35. The average Bonchev–Trinajstić information content (AvgIpc) is 3.30. The lowest BCUT2D eigenvalue weighted by molar-refractivity contribution is -0.384. The fraction of sp³-hybridized carbons (Fsp3) is 0.222. The van der Waals surface area contributed by atoms with Crippen molar-refractivity contribution in [3.8, 4) is 11.3 Å². The molecule has 28 heavy (non-hydrogen) atoms. The zero-order valence-electron chi connectivity index (χ0n) is 14.5. The van der Waals surface area contributed by atoms with Gasteiger partial charge in [0.25, 0.3) is 11.6 Å². The summed E-state index contributed by atoms with van der Waals surface area (Å²) in [5, 5.41) is 12.2. The molecule has 10 heteroatoms. The van der Waals surface area contributed by atoms with Crippen LogP contribution in [0.2, 0.25) is 5.02 Å². The average molecular weight is 420 g/mol. The minimum atomic E-state index is -0.513. The summed E-state index contributed by atoms with van der Waals surface area (Å²) in [6, 6.07) is 7.64. The van der Waals surface area contributed by atoms with Crippen LogP contribution in [-0.2, 0) is 9.53 Å². The van der Waals surface area contributed by atoms with E-state index in [1.54, 1.807) is 24.3 Å². The van der Waals surface area contributed by atoms with Crippen molar-refractivity contribution in [3.05, 3.63) is 56.1 Å². The molecule has 0 aliphatic carbocycles. The van der Waals surface area contributed by atoms with E-state index < -0.39 is 4.92 Å². The number of nitrogens with zero attached hydrogens (tertiary/aromatic N) is 3. The molecule has 4 rings (SSSR count). The van der Waals surface area contributed by atoms with Crippen LogP contribution in [0.5, 0.6) is 0 Å². The summed E-state index contributed by atoms with van der Waals surface area (Å²) in [6.45, 7) is 2.59. The predicted molar refractivity (Wildman–Crippen MR) is 106 cm³/mol. The lowest BCUT2D eigenvalue weighted by atomic mass is 10.1. The van der Waals surface area contributed by atoms with E-state index in [2.05, 4.69) is 4.99 Å². The summed E-state index contributed by atoms with van der Waals surface area (Å²) in [5.41, 5.74) is 0.167. The molecular weight excluding hydrogens is 406 g/mol. The number of carbonyl (C=O) groups is 1. The van der Waals surface area contributed by atoms with Crippen molar-refractivity contribution >= 4 is 46.2 Å². The number of halogens is 1. The Morgan fingerprint density at radius 2 is 2.04 bits per heavy atom. The number of thioether (sulfide) groups is 1. The summed E-state index contributed by atoms with van der Waals surface area (Å²) < 4.78 is 11.0. The van der Waals surface area contributed by atoms with Crippen LogP contribution < -0.4 is 0 Å². The monoisotopic (exact) mass is 419 g/mol. The molecule has 0 unspecified atom stereocenters. The summed E-state index contributed by atoms with van der Waals surface area (Å²) in [6.07, 6.45) is 1.59. The van der Waals surface area contributed by atoms with Crippen LogP contribution in [0.15, 0.2) is 44.6 Å². The summed E-state index contributed by atoms with van der Waals surface area (Å²) in [4.78, 5) is 29.5. The molecule has 2 aromatic rings. The molecule has 1 aromatic heterocycles. The van der Waals surface area contributed by atoms with Gasteiger partial charge in [-0.3, -0.25) is 14.9 Å². The largest absolute Gasteiger partial charge is 0.456 e. The van der Waals surface area contributed by atoms with Crippen molar-refractivity contribution < 1.29 is 18.9 Å². The first-order valence-corrected chi connectivity index (χ1v) is 9.60. The highest BCUT2D eigenvalue weighted by Gasteiger charge is 2.27. The molecule has 0 saturated carbocycles. The van der Waals surface area contributed by atoms with E-state index in [9.17, 15) is 14.9 Å². The highest BCUT2D eigenvalue weighted by molar-refractivity contribution is 8.18. The SMILES string of the molecule is O=C1N=C(N2CCOCC2)S/C1=C/c1ccc(-c2ccc(Cl)cc2[N+](=O)[O-])o1. The second kappa shape index (κ2) is 7.78. The molecule has 2 aliphatic heterocycles. The highest BCUT2D eigenvalue weighted by atomic mass is 35.5. The van der Waals surface area contributed by atoms with Crippen LogP contribution in [0.3, 0.4) is 0 Å². The standard InChI is InChI=1S/C18H14ClN3O5S/c19-11-1-3-13(14(9-11)22(24)25)15-4-2-12(27-15)10-16-17(23)20-18(28-16)21-5-7-26-8-6-21/h1-4,9-10H,5-8H2/b16-10+. The third kappa shape index (κ3) is 3.82. The quantitative estimate of drug-likeness (QED) is 0.423. The lowest BCUT2D eigenvalue weighted by Gasteiger charge is -2.27. The fourth-order valence-electron chi connectivity index (χ4n) is 2.86. The van der Waals surface area contributed by atoms with Gasteiger partial charge in [-0.05, 0) is 36.0 Å². The van der Waals surface area contributed by atoms with Crippen molar-refractivity contribution in [2.24, 2.45) is 4.99 Å². The van der Waals surface area contributed by atoms with Crippen LogP contribution >= 0.6 is 23.4 Å². The van der Waals surface area contributed by atoms with E-state index in [4.69, 9.17) is 20.8 Å². The van der Waals surface area contributed by atoms with Gasteiger partial charge >= 0.3 is 0 Å². The van der Waals surface area contributed by atoms with Gasteiger partial charge in [0.2, 0.25) is 0 Å². The Hall–Kier alpha value is -2.62. The molecule has 1 saturated heterocycles. The Balaban J connectivity index is 1.56. The molecule has 2 aliphatic rings. The second-order valence-corrected chi connectivity index (χ2v) is 7.48. The van der Waals surface area contributed by atoms with E-state index in [1.807, 2.05) is 4.90 Å². The van der Waals surface area contributed by atoms with Crippen LogP contribution in [0, 0.1) is 10.1 Å². The molecule has 0 radical (unpaired) electrons. The van der Waals surface area contributed by atoms with Crippen LogP contribution in [0.1, 0.15) is 5.76 Å². The summed E-state index contributed by atoms with van der Waals surface area (Å²) in [7, 11) is 0. The van der Waals surface area contributed by atoms with Gasteiger partial charge in [0.15, 0.2) is 5.17 Å². The first-order chi connectivity index (χ1) is 13.5. The van der Waals surface area contributed by atoms with Crippen molar-refractivity contribution in [2.75, 3.05) is 26.3 Å². The Morgan fingerprint density at radius 1 is 1.25 bits per heavy atom. The molecule has 0 atom stereocenters. The number of benzene rings is 1. The number of nitro benzene ring substituents is 1. The molecule has 144 valence electrons. The molecular formula is C18H14ClN3O5S. The Bertz CT molecular complexity index is 1010. The first-order valence-electron chi connectivity index (χ1n) is 8.41. The fourth-order valence-corrected chi connectivity index (χ4v) is 3.97. The summed E-state index contributed by atoms with van der Waals surface area (Å²) in [5.74, 6) is 0.399. The number of furan rings is 1. The number of hydrogen-bond donors (Lipinski definition) is 0. The Morgan fingerprint density at radius 3 is 2.79 bits per heavy atom. The Labute approximate surface area is 169 Å². The zero-order valence-corrected chi connectivity index (χ0v) is 16.0. The van der Waals surface area contributed by atoms with Gasteiger partial charge in [0, 0.05) is 30.3 Å². The van der Waals surface area contributed by atoms with Crippen LogP contribution in [0.4, 0.5) is 5.69 Å². The molecule has 1 fully saturated rings. The van der Waals surface area contributed by atoms with E-state index in [0.717, 1.165) is 0 Å². The van der Waals surface area contributed by atoms with E-state index in [1.165, 1.54) is 23.9 Å². The topological polar surface area (TPSA) is 98.2 Å². The third-order valence-corrected chi connectivity index (χ3v) is 5.49. The van der Waals surface area contributed by atoms with E-state index in [-0.39, 0.29) is 16.6 Å². The molecule has 1 amide bonds. The maximum Gasteiger partial charge on any atom is 0.286 e. The Kier molecular flexibility index (Phi) is 5.21. The number of rotatable bonds is 3. The minimum Gasteiger partial charge on any atom is -0.456 e. The van der Waals surface area contributed by atoms with E-state index >= 15 is 0 Å². The maximum absolute atomic E-state index is 12.2. The predicted octanol–water partition coefficient (Wildman–Crippen LogP) is 3.81. The molecule has 0 N–H and O–H groups in total. The number of amidine groups is 1. The van der Waals surface area contributed by atoms with Crippen molar-refractivity contribution in [2.45, 2.75) is 0 Å². The van der Waals surface area contributed by atoms with Gasteiger partial charge < -0.3 is 14.1 Å². The number of aliphatic imine (C=N–C) groups is 1. The van der Waals surface area contributed by atoms with Crippen LogP contribution in [-0.4, -0.2) is 47.2 Å². The number of amides is 1. The molecule has 0 spiro atoms. The smallest absolute Gasteiger partial charge is 0.286 e. The van der Waals surface area contributed by atoms with Gasteiger partial charge in [0.05, 0.1) is 28.6 Å². The van der Waals surface area contributed by atoms with Crippen molar-refractivity contribution in [3.63, 3.8) is 0 Å². The van der Waals surface area contributed by atoms with Crippen molar-refractivity contribution in [1.82, 2.24) is 4.90 Å². The molecule has 3 heterocycles. The number of nitro groups is 1. The third-order valence-electron chi connectivity index (χ3n) is 4.21. The van der Waals surface area contributed by atoms with Crippen molar-refractivity contribution in [1.29, 1.82) is 0 Å². The summed E-state index contributed by atoms with van der Waals surface area (Å²) >= 11 is 7.13. The minimum absolute atomic E-state index is 0.148. The van der Waals surface area contributed by atoms with Gasteiger partial charge in [-0.25, -0.2) is 0 Å². The molecule has 8 nitrogen and oxygen atoms in total. The number of morpholine rings is 1. The zero-order chi connectivity index (χ0) is 19.7. The van der Waals surface area contributed by atoms with Gasteiger partial charge in [0.1, 0.15) is 11.5 Å². The second-order valence-electron chi connectivity index (χ2n) is 6.03. The number of hydrogen-bond acceptors (Lipinski definition) is 7. The van der Waals surface area contributed by atoms with Gasteiger partial charge in [-0.15, -0.1) is 0 Å².